The van der Waals surface area contributed by atoms with E-state index in [1.165, 1.54) is 0 Å². The van der Waals surface area contributed by atoms with E-state index in [4.69, 9.17) is 4.74 Å². The van der Waals surface area contributed by atoms with Gasteiger partial charge in [0.15, 0.2) is 0 Å². The van der Waals surface area contributed by atoms with E-state index >= 15 is 0 Å². The molecule has 1 saturated heterocycles. The first-order chi connectivity index (χ1) is 8.80. The fourth-order valence-corrected chi connectivity index (χ4v) is 2.79. The monoisotopic (exact) mass is 272 g/mol. The van der Waals surface area contributed by atoms with Gasteiger partial charge in [0.25, 0.3) is 0 Å². The molecule has 114 valence electrons. The molecule has 0 aromatic carbocycles. The van der Waals surface area contributed by atoms with Gasteiger partial charge in [0.05, 0.1) is 18.3 Å². The molecular weight excluding hydrogens is 240 g/mol. The molecule has 0 radical (unpaired) electrons. The predicted octanol–water partition coefficient (Wildman–Crippen LogP) is 1.48. The lowest BCUT2D eigenvalue weighted by atomic mass is 9.94. The van der Waals surface area contributed by atoms with Crippen LogP contribution in [0.15, 0.2) is 0 Å². The van der Waals surface area contributed by atoms with Crippen LogP contribution in [0.25, 0.3) is 0 Å². The topological polar surface area (TPSA) is 44.7 Å². The molecule has 0 aromatic heterocycles. The zero-order valence-electron chi connectivity index (χ0n) is 13.3. The second-order valence-electron chi connectivity index (χ2n) is 6.81. The summed E-state index contributed by atoms with van der Waals surface area (Å²) in [6, 6.07) is 0.579. The number of rotatable bonds is 7. The highest BCUT2D eigenvalue weighted by molar-refractivity contribution is 4.80. The summed E-state index contributed by atoms with van der Waals surface area (Å²) in [5, 5.41) is 13.6. The Morgan fingerprint density at radius 1 is 1.37 bits per heavy atom. The highest BCUT2D eigenvalue weighted by Crippen LogP contribution is 2.15. The van der Waals surface area contributed by atoms with Gasteiger partial charge in [-0.25, -0.2) is 0 Å². The second kappa shape index (κ2) is 7.58. The van der Waals surface area contributed by atoms with Crippen LogP contribution in [0, 0.1) is 5.92 Å². The molecule has 0 spiro atoms. The van der Waals surface area contributed by atoms with Gasteiger partial charge < -0.3 is 15.2 Å². The van der Waals surface area contributed by atoms with E-state index in [-0.39, 0.29) is 6.10 Å². The fourth-order valence-electron chi connectivity index (χ4n) is 2.79. The van der Waals surface area contributed by atoms with Crippen LogP contribution in [0.5, 0.6) is 0 Å². The van der Waals surface area contributed by atoms with Crippen molar-refractivity contribution in [3.05, 3.63) is 0 Å². The normalized spacial score (nSPS) is 24.9. The molecule has 0 aliphatic carbocycles. The maximum atomic E-state index is 10.2. The van der Waals surface area contributed by atoms with Crippen molar-refractivity contribution in [1.82, 2.24) is 10.2 Å². The molecule has 4 nitrogen and oxygen atoms in total. The van der Waals surface area contributed by atoms with Crippen LogP contribution in [-0.2, 0) is 4.74 Å². The van der Waals surface area contributed by atoms with Gasteiger partial charge in [-0.3, -0.25) is 4.90 Å². The molecule has 4 heteroatoms. The number of hydrogen-bond donors (Lipinski definition) is 2. The van der Waals surface area contributed by atoms with Gasteiger partial charge in [0, 0.05) is 32.2 Å². The van der Waals surface area contributed by atoms with E-state index < -0.39 is 5.60 Å². The van der Waals surface area contributed by atoms with Crippen LogP contribution in [0.4, 0.5) is 0 Å². The Kier molecular flexibility index (Phi) is 6.74. The molecule has 0 amide bonds. The van der Waals surface area contributed by atoms with Gasteiger partial charge in [-0.05, 0) is 33.1 Å². The number of aliphatic hydroxyl groups is 1. The molecule has 1 rings (SSSR count). The first-order valence-corrected chi connectivity index (χ1v) is 7.59. The van der Waals surface area contributed by atoms with Crippen LogP contribution in [0.2, 0.25) is 0 Å². The van der Waals surface area contributed by atoms with Gasteiger partial charge in [-0.2, -0.15) is 0 Å². The van der Waals surface area contributed by atoms with Crippen molar-refractivity contribution in [1.29, 1.82) is 0 Å². The summed E-state index contributed by atoms with van der Waals surface area (Å²) in [4.78, 5) is 2.45. The fraction of sp³-hybridized carbons (Fsp3) is 1.00. The Morgan fingerprint density at radius 3 is 2.63 bits per heavy atom. The molecule has 0 saturated carbocycles. The third-order valence-corrected chi connectivity index (χ3v) is 3.63. The average molecular weight is 272 g/mol. The van der Waals surface area contributed by atoms with E-state index in [1.807, 2.05) is 6.92 Å². The van der Waals surface area contributed by atoms with E-state index in [2.05, 4.69) is 37.9 Å². The summed E-state index contributed by atoms with van der Waals surface area (Å²) in [6.45, 7) is 14.9. The van der Waals surface area contributed by atoms with Gasteiger partial charge >= 0.3 is 0 Å². The van der Waals surface area contributed by atoms with E-state index in [9.17, 15) is 5.11 Å². The quantitative estimate of drug-likeness (QED) is 0.737. The minimum absolute atomic E-state index is 0.242. The molecule has 1 aliphatic heterocycles. The molecular formula is C15H32N2O2. The summed E-state index contributed by atoms with van der Waals surface area (Å²) < 4.78 is 5.77. The van der Waals surface area contributed by atoms with Gasteiger partial charge in [-0.1, -0.05) is 13.8 Å². The Hall–Kier alpha value is -0.160. The van der Waals surface area contributed by atoms with Gasteiger partial charge in [0.2, 0.25) is 0 Å². The van der Waals surface area contributed by atoms with Crippen LogP contribution in [0.3, 0.4) is 0 Å². The Labute approximate surface area is 118 Å². The van der Waals surface area contributed by atoms with Crippen LogP contribution < -0.4 is 5.32 Å². The summed E-state index contributed by atoms with van der Waals surface area (Å²) in [7, 11) is 0. The standard InChI is InChI=1S/C15H32N2O2/c1-12(2)8-15(5,18)11-16-9-14-10-17(13(3)4)6-7-19-14/h12-14,16,18H,6-11H2,1-5H3. The Balaban J connectivity index is 2.25. The average Bonchev–Trinajstić information content (AvgIpc) is 2.27. The van der Waals surface area contributed by atoms with Crippen LogP contribution in [-0.4, -0.2) is 60.5 Å². The van der Waals surface area contributed by atoms with Crippen LogP contribution in [0.1, 0.15) is 41.0 Å². The maximum Gasteiger partial charge on any atom is 0.0826 e. The Morgan fingerprint density at radius 2 is 2.05 bits per heavy atom. The number of nitrogens with one attached hydrogen (secondary N) is 1. The zero-order chi connectivity index (χ0) is 14.5. The minimum Gasteiger partial charge on any atom is -0.389 e. The molecule has 2 unspecified atom stereocenters. The van der Waals surface area contributed by atoms with Crippen molar-refractivity contribution >= 4 is 0 Å². The lowest BCUT2D eigenvalue weighted by molar-refractivity contribution is -0.0403. The van der Waals surface area contributed by atoms with E-state index in [0.717, 1.165) is 32.7 Å². The van der Waals surface area contributed by atoms with Gasteiger partial charge in [0.1, 0.15) is 0 Å². The molecule has 1 fully saturated rings. The number of morpholine rings is 1. The van der Waals surface area contributed by atoms with Crippen molar-refractivity contribution in [3.63, 3.8) is 0 Å². The smallest absolute Gasteiger partial charge is 0.0826 e. The second-order valence-corrected chi connectivity index (χ2v) is 6.81. The van der Waals surface area contributed by atoms with Gasteiger partial charge in [-0.15, -0.1) is 0 Å². The first kappa shape index (κ1) is 16.9. The lowest BCUT2D eigenvalue weighted by Gasteiger charge is -2.36. The first-order valence-electron chi connectivity index (χ1n) is 7.59. The third-order valence-electron chi connectivity index (χ3n) is 3.63. The van der Waals surface area contributed by atoms with Crippen molar-refractivity contribution < 1.29 is 9.84 Å². The summed E-state index contributed by atoms with van der Waals surface area (Å²) in [5.41, 5.74) is -0.624. The molecule has 19 heavy (non-hydrogen) atoms. The number of ether oxygens (including phenoxy) is 1. The highest BCUT2D eigenvalue weighted by atomic mass is 16.5. The van der Waals surface area contributed by atoms with E-state index in [0.29, 0.717) is 18.5 Å². The van der Waals surface area contributed by atoms with Crippen molar-refractivity contribution in [2.75, 3.05) is 32.8 Å². The molecule has 1 heterocycles. The van der Waals surface area contributed by atoms with Crippen molar-refractivity contribution in [3.8, 4) is 0 Å². The zero-order valence-corrected chi connectivity index (χ0v) is 13.3. The van der Waals surface area contributed by atoms with Crippen LogP contribution >= 0.6 is 0 Å². The predicted molar refractivity (Wildman–Crippen MR) is 79.4 cm³/mol. The summed E-state index contributed by atoms with van der Waals surface area (Å²) in [6.07, 6.45) is 1.06. The molecule has 0 bridgehead atoms. The van der Waals surface area contributed by atoms with Crippen molar-refractivity contribution in [2.24, 2.45) is 5.92 Å². The lowest BCUT2D eigenvalue weighted by Crippen LogP contribution is -2.50. The minimum atomic E-state index is -0.624. The third kappa shape index (κ3) is 6.70. The highest BCUT2D eigenvalue weighted by Gasteiger charge is 2.24. The molecule has 1 aliphatic rings. The summed E-state index contributed by atoms with van der Waals surface area (Å²) in [5.74, 6) is 0.513. The summed E-state index contributed by atoms with van der Waals surface area (Å²) >= 11 is 0. The maximum absolute atomic E-state index is 10.2. The Bertz CT molecular complexity index is 255. The van der Waals surface area contributed by atoms with E-state index in [1.54, 1.807) is 0 Å². The largest absolute Gasteiger partial charge is 0.389 e. The SMILES string of the molecule is CC(C)CC(C)(O)CNCC1CN(C(C)C)CCO1. The number of nitrogens with zero attached hydrogens (tertiary/aromatic N) is 1. The molecule has 2 atom stereocenters. The molecule has 0 aromatic rings. The number of hydrogen-bond acceptors (Lipinski definition) is 4. The van der Waals surface area contributed by atoms with Crippen molar-refractivity contribution in [2.45, 2.75) is 58.8 Å². The molecule has 2 N–H and O–H groups in total.